The maximum atomic E-state index is 12.2. The SMILES string of the molecule is CCn1cc(C(=O)OC)c(=O)cc1-c1ccc(N2CCCC2)cc1. The number of hydrogen-bond donors (Lipinski definition) is 0. The predicted octanol–water partition coefficient (Wildman–Crippen LogP) is 2.92. The number of carbonyl (C=O) groups is 1. The summed E-state index contributed by atoms with van der Waals surface area (Å²) >= 11 is 0. The molecule has 0 aliphatic carbocycles. The molecule has 126 valence electrons. The van der Waals surface area contributed by atoms with E-state index in [1.807, 2.05) is 23.6 Å². The fourth-order valence-corrected chi connectivity index (χ4v) is 3.17. The van der Waals surface area contributed by atoms with Crippen molar-refractivity contribution in [3.63, 3.8) is 0 Å². The van der Waals surface area contributed by atoms with Crippen LogP contribution >= 0.6 is 0 Å². The number of methoxy groups -OCH3 is 1. The van der Waals surface area contributed by atoms with Gasteiger partial charge in [0.25, 0.3) is 0 Å². The molecule has 2 heterocycles. The average molecular weight is 326 g/mol. The molecule has 0 unspecified atom stereocenters. The molecule has 3 rings (SSSR count). The second-order valence-electron chi connectivity index (χ2n) is 5.96. The summed E-state index contributed by atoms with van der Waals surface area (Å²) in [5.74, 6) is -0.599. The van der Waals surface area contributed by atoms with Gasteiger partial charge in [0, 0.05) is 37.6 Å². The third-order valence-corrected chi connectivity index (χ3v) is 4.51. The van der Waals surface area contributed by atoms with Crippen LogP contribution in [-0.4, -0.2) is 30.7 Å². The number of nitrogens with zero attached hydrogens (tertiary/aromatic N) is 2. The standard InChI is InChI=1S/C19H22N2O3/c1-3-20-13-16(19(23)24-2)18(22)12-17(20)14-6-8-15(9-7-14)21-10-4-5-11-21/h6-9,12-13H,3-5,10-11H2,1-2H3. The van der Waals surface area contributed by atoms with E-state index >= 15 is 0 Å². The number of pyridine rings is 1. The van der Waals surface area contributed by atoms with E-state index in [4.69, 9.17) is 0 Å². The molecule has 1 aromatic carbocycles. The number of hydrogen-bond acceptors (Lipinski definition) is 4. The summed E-state index contributed by atoms with van der Waals surface area (Å²) in [4.78, 5) is 26.3. The highest BCUT2D eigenvalue weighted by molar-refractivity contribution is 5.89. The average Bonchev–Trinajstić information content (AvgIpc) is 3.15. The number of esters is 1. The molecule has 5 nitrogen and oxygen atoms in total. The third-order valence-electron chi connectivity index (χ3n) is 4.51. The van der Waals surface area contributed by atoms with Gasteiger partial charge in [0.05, 0.1) is 12.8 Å². The third kappa shape index (κ3) is 3.07. The maximum Gasteiger partial charge on any atom is 0.343 e. The molecule has 0 amide bonds. The Balaban J connectivity index is 1.97. The second-order valence-corrected chi connectivity index (χ2v) is 5.96. The van der Waals surface area contributed by atoms with E-state index in [9.17, 15) is 9.59 Å². The Labute approximate surface area is 141 Å². The maximum absolute atomic E-state index is 12.2. The van der Waals surface area contributed by atoms with Gasteiger partial charge in [-0.3, -0.25) is 4.79 Å². The van der Waals surface area contributed by atoms with E-state index in [1.54, 1.807) is 6.20 Å². The minimum absolute atomic E-state index is 0.0665. The molecule has 0 N–H and O–H groups in total. The summed E-state index contributed by atoms with van der Waals surface area (Å²) in [7, 11) is 1.28. The van der Waals surface area contributed by atoms with Gasteiger partial charge in [-0.15, -0.1) is 0 Å². The summed E-state index contributed by atoms with van der Waals surface area (Å²) < 4.78 is 6.58. The van der Waals surface area contributed by atoms with Gasteiger partial charge in [0.2, 0.25) is 0 Å². The first-order valence-electron chi connectivity index (χ1n) is 8.32. The zero-order valence-corrected chi connectivity index (χ0v) is 14.1. The van der Waals surface area contributed by atoms with Crippen LogP contribution in [0.25, 0.3) is 11.3 Å². The van der Waals surface area contributed by atoms with Gasteiger partial charge < -0.3 is 14.2 Å². The van der Waals surface area contributed by atoms with Gasteiger partial charge in [-0.2, -0.15) is 0 Å². The molecule has 1 aromatic heterocycles. The molecule has 0 saturated carbocycles. The van der Waals surface area contributed by atoms with Gasteiger partial charge in [-0.05, 0) is 37.5 Å². The van der Waals surface area contributed by atoms with E-state index in [0.717, 1.165) is 24.3 Å². The van der Waals surface area contributed by atoms with Crippen molar-refractivity contribution in [2.45, 2.75) is 26.3 Å². The number of anilines is 1. The van der Waals surface area contributed by atoms with Crippen LogP contribution in [0.5, 0.6) is 0 Å². The van der Waals surface area contributed by atoms with Gasteiger partial charge in [-0.25, -0.2) is 4.79 Å². The number of ether oxygens (including phenoxy) is 1. The number of aromatic nitrogens is 1. The quantitative estimate of drug-likeness (QED) is 0.811. The van der Waals surface area contributed by atoms with Crippen molar-refractivity contribution in [3.8, 4) is 11.3 Å². The molecule has 24 heavy (non-hydrogen) atoms. The van der Waals surface area contributed by atoms with Crippen molar-refractivity contribution in [1.29, 1.82) is 0 Å². The van der Waals surface area contributed by atoms with Crippen LogP contribution in [0.3, 0.4) is 0 Å². The van der Waals surface area contributed by atoms with E-state index in [2.05, 4.69) is 21.8 Å². The summed E-state index contributed by atoms with van der Waals surface area (Å²) in [5, 5.41) is 0. The van der Waals surface area contributed by atoms with Crippen LogP contribution in [-0.2, 0) is 11.3 Å². The van der Waals surface area contributed by atoms with Crippen LogP contribution in [0.4, 0.5) is 5.69 Å². The van der Waals surface area contributed by atoms with E-state index in [1.165, 1.54) is 31.7 Å². The lowest BCUT2D eigenvalue weighted by atomic mass is 10.1. The summed E-state index contributed by atoms with van der Waals surface area (Å²) in [6, 6.07) is 9.78. The van der Waals surface area contributed by atoms with Crippen molar-refractivity contribution in [2.75, 3.05) is 25.1 Å². The van der Waals surface area contributed by atoms with Crippen molar-refractivity contribution in [2.24, 2.45) is 0 Å². The second kappa shape index (κ2) is 6.91. The van der Waals surface area contributed by atoms with Crippen molar-refractivity contribution < 1.29 is 9.53 Å². The molecule has 0 radical (unpaired) electrons. The Morgan fingerprint density at radius 3 is 2.42 bits per heavy atom. The summed E-state index contributed by atoms with van der Waals surface area (Å²) in [5.41, 5.74) is 2.74. The van der Waals surface area contributed by atoms with Crippen LogP contribution in [0, 0.1) is 0 Å². The van der Waals surface area contributed by atoms with Crippen molar-refractivity contribution >= 4 is 11.7 Å². The number of benzene rings is 1. The minimum Gasteiger partial charge on any atom is -0.465 e. The van der Waals surface area contributed by atoms with Gasteiger partial charge >= 0.3 is 5.97 Å². The first-order chi connectivity index (χ1) is 11.6. The molecule has 1 fully saturated rings. The summed E-state index contributed by atoms with van der Waals surface area (Å²) in [6.45, 7) is 4.85. The molecule has 1 aliphatic rings. The molecule has 5 heteroatoms. The Morgan fingerprint density at radius 2 is 1.83 bits per heavy atom. The van der Waals surface area contributed by atoms with E-state index in [-0.39, 0.29) is 11.0 Å². The molecule has 0 spiro atoms. The molecule has 1 aliphatic heterocycles. The highest BCUT2D eigenvalue weighted by Gasteiger charge is 2.15. The molecular formula is C19H22N2O3. The molecule has 0 bridgehead atoms. The van der Waals surface area contributed by atoms with E-state index in [0.29, 0.717) is 6.54 Å². The molecule has 2 aromatic rings. The monoisotopic (exact) mass is 326 g/mol. The number of rotatable bonds is 4. The topological polar surface area (TPSA) is 51.5 Å². The lowest BCUT2D eigenvalue weighted by Crippen LogP contribution is -2.19. The Morgan fingerprint density at radius 1 is 1.17 bits per heavy atom. The normalized spacial score (nSPS) is 14.0. The van der Waals surface area contributed by atoms with Crippen LogP contribution in [0.2, 0.25) is 0 Å². The zero-order valence-electron chi connectivity index (χ0n) is 14.1. The molecule has 0 atom stereocenters. The predicted molar refractivity (Wildman–Crippen MR) is 94.6 cm³/mol. The van der Waals surface area contributed by atoms with Crippen LogP contribution in [0.1, 0.15) is 30.1 Å². The fourth-order valence-electron chi connectivity index (χ4n) is 3.17. The largest absolute Gasteiger partial charge is 0.465 e. The smallest absolute Gasteiger partial charge is 0.343 e. The minimum atomic E-state index is -0.599. The van der Waals surface area contributed by atoms with Gasteiger partial charge in [0.15, 0.2) is 5.43 Å². The lowest BCUT2D eigenvalue weighted by molar-refractivity contribution is 0.0598. The van der Waals surface area contributed by atoms with Crippen LogP contribution in [0.15, 0.2) is 41.3 Å². The Bertz CT molecular complexity index is 787. The Hall–Kier alpha value is -2.56. The zero-order chi connectivity index (χ0) is 17.1. The first kappa shape index (κ1) is 16.3. The molecular weight excluding hydrogens is 304 g/mol. The van der Waals surface area contributed by atoms with Gasteiger partial charge in [0.1, 0.15) is 5.56 Å². The number of aryl methyl sites for hydroxylation is 1. The summed E-state index contributed by atoms with van der Waals surface area (Å²) in [6.07, 6.45) is 4.07. The highest BCUT2D eigenvalue weighted by Crippen LogP contribution is 2.25. The highest BCUT2D eigenvalue weighted by atomic mass is 16.5. The lowest BCUT2D eigenvalue weighted by Gasteiger charge is -2.18. The first-order valence-corrected chi connectivity index (χ1v) is 8.32. The molecule has 1 saturated heterocycles. The van der Waals surface area contributed by atoms with Gasteiger partial charge in [-0.1, -0.05) is 12.1 Å². The fraction of sp³-hybridized carbons (Fsp3) is 0.368. The van der Waals surface area contributed by atoms with Crippen LogP contribution < -0.4 is 10.3 Å². The van der Waals surface area contributed by atoms with E-state index < -0.39 is 5.97 Å². The Kier molecular flexibility index (Phi) is 4.69. The van der Waals surface area contributed by atoms with Crippen molar-refractivity contribution in [1.82, 2.24) is 4.57 Å². The number of carbonyl (C=O) groups excluding carboxylic acids is 1. The van der Waals surface area contributed by atoms with Crippen molar-refractivity contribution in [3.05, 3.63) is 52.3 Å².